The van der Waals surface area contributed by atoms with Crippen LogP contribution in [0.25, 0.3) is 0 Å². The van der Waals surface area contributed by atoms with Crippen molar-refractivity contribution in [2.75, 3.05) is 0 Å². The van der Waals surface area contributed by atoms with Crippen molar-refractivity contribution in [2.45, 2.75) is 96.5 Å². The maximum Gasteiger partial charge on any atom is 0.330 e. The van der Waals surface area contributed by atoms with Gasteiger partial charge in [0.2, 0.25) is 0 Å². The Bertz CT molecular complexity index is 347. The van der Waals surface area contributed by atoms with E-state index < -0.39 is 0 Å². The topological polar surface area (TPSA) is 26.3 Å². The minimum absolute atomic E-state index is 0.145. The molecule has 23 heavy (non-hydrogen) atoms. The second-order valence-electron chi connectivity index (χ2n) is 7.81. The number of hydrogen-bond donors (Lipinski definition) is 0. The summed E-state index contributed by atoms with van der Waals surface area (Å²) in [5, 5.41) is 0. The quantitative estimate of drug-likeness (QED) is 0.309. The lowest BCUT2D eigenvalue weighted by Crippen LogP contribution is -2.29. The van der Waals surface area contributed by atoms with Gasteiger partial charge in [0.25, 0.3) is 0 Å². The number of unbranched alkanes of at least 4 members (excludes halogenated alkanes) is 3. The van der Waals surface area contributed by atoms with Crippen LogP contribution < -0.4 is 0 Å². The van der Waals surface area contributed by atoms with Crippen LogP contribution in [-0.2, 0) is 9.53 Å². The number of carbonyl (C=O) groups is 1. The number of ether oxygens (including phenoxy) is 1. The third-order valence-electron chi connectivity index (χ3n) is 6.19. The van der Waals surface area contributed by atoms with Crippen molar-refractivity contribution in [2.24, 2.45) is 17.8 Å². The van der Waals surface area contributed by atoms with Crippen LogP contribution in [0.2, 0.25) is 0 Å². The summed E-state index contributed by atoms with van der Waals surface area (Å²) in [6.45, 7) is 5.77. The van der Waals surface area contributed by atoms with Gasteiger partial charge in [-0.3, -0.25) is 0 Å². The van der Waals surface area contributed by atoms with Crippen molar-refractivity contribution in [1.82, 2.24) is 0 Å². The molecule has 2 fully saturated rings. The molecule has 0 N–H and O–H groups in total. The zero-order valence-electron chi connectivity index (χ0n) is 15.1. The van der Waals surface area contributed by atoms with Crippen LogP contribution in [-0.4, -0.2) is 12.1 Å². The summed E-state index contributed by atoms with van der Waals surface area (Å²) in [5.74, 6) is 2.58. The van der Waals surface area contributed by atoms with Gasteiger partial charge in [-0.25, -0.2) is 4.79 Å². The van der Waals surface area contributed by atoms with Crippen molar-refractivity contribution < 1.29 is 9.53 Å². The van der Waals surface area contributed by atoms with Crippen LogP contribution in [0.3, 0.4) is 0 Å². The van der Waals surface area contributed by atoms with Gasteiger partial charge in [-0.1, -0.05) is 58.4 Å². The maximum absolute atomic E-state index is 11.3. The van der Waals surface area contributed by atoms with Crippen molar-refractivity contribution in [3.8, 4) is 0 Å². The molecule has 132 valence electrons. The largest absolute Gasteiger partial charge is 0.459 e. The first-order valence-corrected chi connectivity index (χ1v) is 10.1. The van der Waals surface area contributed by atoms with Crippen LogP contribution in [0.15, 0.2) is 12.7 Å². The van der Waals surface area contributed by atoms with Gasteiger partial charge in [-0.15, -0.1) is 0 Å². The predicted octanol–water partition coefficient (Wildman–Crippen LogP) is 6.05. The molecule has 2 saturated carbocycles. The smallest absolute Gasteiger partial charge is 0.330 e. The molecule has 0 unspecified atom stereocenters. The lowest BCUT2D eigenvalue weighted by atomic mass is 9.70. The fourth-order valence-electron chi connectivity index (χ4n) is 4.70. The predicted molar refractivity (Wildman–Crippen MR) is 96.2 cm³/mol. The Morgan fingerprint density at radius 1 is 0.957 bits per heavy atom. The van der Waals surface area contributed by atoms with E-state index in [1.807, 2.05) is 0 Å². The van der Waals surface area contributed by atoms with Gasteiger partial charge in [-0.2, -0.15) is 0 Å². The van der Waals surface area contributed by atoms with Crippen LogP contribution in [0, 0.1) is 17.8 Å². The highest BCUT2D eigenvalue weighted by atomic mass is 16.5. The Balaban J connectivity index is 1.61. The molecule has 0 aromatic carbocycles. The molecule has 0 spiro atoms. The summed E-state index contributed by atoms with van der Waals surface area (Å²) in [7, 11) is 0. The van der Waals surface area contributed by atoms with E-state index in [1.165, 1.54) is 76.7 Å². The van der Waals surface area contributed by atoms with Gasteiger partial charge in [-0.05, 0) is 56.3 Å². The Hall–Kier alpha value is -0.790. The highest BCUT2D eigenvalue weighted by Gasteiger charge is 2.31. The molecule has 0 radical (unpaired) electrons. The summed E-state index contributed by atoms with van der Waals surface area (Å²) in [4.78, 5) is 11.3. The molecule has 0 heterocycles. The zero-order valence-corrected chi connectivity index (χ0v) is 15.1. The molecule has 0 aliphatic heterocycles. The van der Waals surface area contributed by atoms with Gasteiger partial charge in [0.05, 0.1) is 0 Å². The van der Waals surface area contributed by atoms with E-state index in [4.69, 9.17) is 4.74 Å². The fraction of sp³-hybridized carbons (Fsp3) is 0.857. The minimum Gasteiger partial charge on any atom is -0.459 e. The van der Waals surface area contributed by atoms with Crippen molar-refractivity contribution in [3.63, 3.8) is 0 Å². The molecule has 0 aromatic rings. The average Bonchev–Trinajstić information content (AvgIpc) is 2.60. The number of carbonyl (C=O) groups excluding carboxylic acids is 1. The fourth-order valence-corrected chi connectivity index (χ4v) is 4.70. The monoisotopic (exact) mass is 320 g/mol. The first-order chi connectivity index (χ1) is 11.2. The standard InChI is InChI=1S/C21H36O2/c1-3-5-6-7-8-17-9-11-18(12-10-17)19-13-15-20(16-14-19)23-21(22)4-2/h4,17-20H,2-3,5-16H2,1H3. The van der Waals surface area contributed by atoms with E-state index in [0.717, 1.165) is 30.6 Å². The molecule has 0 bridgehead atoms. The minimum atomic E-state index is -0.253. The molecule has 2 heteroatoms. The third kappa shape index (κ3) is 6.31. The van der Waals surface area contributed by atoms with Gasteiger partial charge in [0.15, 0.2) is 0 Å². The molecular weight excluding hydrogens is 284 g/mol. The Morgan fingerprint density at radius 2 is 1.57 bits per heavy atom. The van der Waals surface area contributed by atoms with Crippen LogP contribution >= 0.6 is 0 Å². The Kier molecular flexibility index (Phi) is 8.19. The lowest BCUT2D eigenvalue weighted by molar-refractivity contribution is -0.145. The normalized spacial score (nSPS) is 31.5. The first kappa shape index (κ1) is 18.5. The van der Waals surface area contributed by atoms with Gasteiger partial charge in [0.1, 0.15) is 6.10 Å². The molecule has 0 amide bonds. The first-order valence-electron chi connectivity index (χ1n) is 10.1. The SMILES string of the molecule is C=CC(=O)OC1CCC(C2CCC(CCCCCC)CC2)CC1. The van der Waals surface area contributed by atoms with E-state index in [0.29, 0.717) is 0 Å². The van der Waals surface area contributed by atoms with Crippen molar-refractivity contribution >= 4 is 5.97 Å². The lowest BCUT2D eigenvalue weighted by Gasteiger charge is -2.37. The van der Waals surface area contributed by atoms with E-state index in [9.17, 15) is 4.79 Å². The molecule has 2 aliphatic carbocycles. The highest BCUT2D eigenvalue weighted by molar-refractivity contribution is 5.81. The Morgan fingerprint density at radius 3 is 2.13 bits per heavy atom. The number of rotatable bonds is 8. The van der Waals surface area contributed by atoms with Gasteiger partial charge in [0, 0.05) is 6.08 Å². The summed E-state index contributed by atoms with van der Waals surface area (Å²) in [6.07, 6.45) is 19.0. The van der Waals surface area contributed by atoms with Crippen LogP contribution in [0.1, 0.15) is 90.4 Å². The third-order valence-corrected chi connectivity index (χ3v) is 6.19. The van der Waals surface area contributed by atoms with Crippen LogP contribution in [0.4, 0.5) is 0 Å². The number of esters is 1. The molecule has 2 rings (SSSR count). The van der Waals surface area contributed by atoms with E-state index in [-0.39, 0.29) is 12.1 Å². The summed E-state index contributed by atoms with van der Waals surface area (Å²) < 4.78 is 5.40. The van der Waals surface area contributed by atoms with E-state index >= 15 is 0 Å². The summed E-state index contributed by atoms with van der Waals surface area (Å²) in [5.41, 5.74) is 0. The average molecular weight is 321 g/mol. The Labute approximate surface area is 143 Å². The highest BCUT2D eigenvalue weighted by Crippen LogP contribution is 2.41. The zero-order chi connectivity index (χ0) is 16.5. The van der Waals surface area contributed by atoms with Crippen molar-refractivity contribution in [3.05, 3.63) is 12.7 Å². The van der Waals surface area contributed by atoms with Crippen molar-refractivity contribution in [1.29, 1.82) is 0 Å². The maximum atomic E-state index is 11.3. The van der Waals surface area contributed by atoms with Crippen LogP contribution in [0.5, 0.6) is 0 Å². The molecule has 0 aromatic heterocycles. The summed E-state index contributed by atoms with van der Waals surface area (Å²) >= 11 is 0. The second-order valence-corrected chi connectivity index (χ2v) is 7.81. The molecule has 2 nitrogen and oxygen atoms in total. The molecule has 2 aliphatic rings. The van der Waals surface area contributed by atoms with E-state index in [1.54, 1.807) is 0 Å². The van der Waals surface area contributed by atoms with E-state index in [2.05, 4.69) is 13.5 Å². The summed E-state index contributed by atoms with van der Waals surface area (Å²) in [6, 6.07) is 0. The number of hydrogen-bond acceptors (Lipinski definition) is 2. The molecular formula is C21H36O2. The van der Waals surface area contributed by atoms with Gasteiger partial charge < -0.3 is 4.74 Å². The van der Waals surface area contributed by atoms with Gasteiger partial charge >= 0.3 is 5.97 Å². The molecule has 0 atom stereocenters. The molecule has 0 saturated heterocycles. The second kappa shape index (κ2) is 10.2.